The van der Waals surface area contributed by atoms with Gasteiger partial charge in [0.2, 0.25) is 0 Å². The van der Waals surface area contributed by atoms with E-state index in [-0.39, 0.29) is 29.6 Å². The van der Waals surface area contributed by atoms with Gasteiger partial charge in [-0.25, -0.2) is 10.9 Å². The van der Waals surface area contributed by atoms with Crippen molar-refractivity contribution in [3.63, 3.8) is 0 Å². The summed E-state index contributed by atoms with van der Waals surface area (Å²) in [6.07, 6.45) is 5.62. The van der Waals surface area contributed by atoms with Crippen molar-refractivity contribution in [1.82, 2.24) is 4.90 Å². The van der Waals surface area contributed by atoms with E-state index in [0.29, 0.717) is 11.8 Å². The molecular weight excluding hydrogens is 703 g/mol. The first kappa shape index (κ1) is 36.4. The summed E-state index contributed by atoms with van der Waals surface area (Å²) in [5.74, 6) is 1.60. The van der Waals surface area contributed by atoms with Gasteiger partial charge < -0.3 is 9.80 Å². The zero-order valence-electron chi connectivity index (χ0n) is 28.5. The van der Waals surface area contributed by atoms with Crippen molar-refractivity contribution in [2.45, 2.75) is 97.9 Å². The van der Waals surface area contributed by atoms with E-state index in [4.69, 9.17) is 19.4 Å². The average Bonchev–Trinajstić information content (AvgIpc) is 3.38. The van der Waals surface area contributed by atoms with Crippen LogP contribution in [0.15, 0.2) is 90.9 Å². The van der Waals surface area contributed by atoms with E-state index in [2.05, 4.69) is 112 Å². The van der Waals surface area contributed by atoms with Gasteiger partial charge in [0.15, 0.2) is 0 Å². The van der Waals surface area contributed by atoms with Gasteiger partial charge in [0.25, 0.3) is 0 Å². The molecule has 1 N–H and O–H groups in total. The van der Waals surface area contributed by atoms with Gasteiger partial charge >= 0.3 is 97.8 Å². The van der Waals surface area contributed by atoms with E-state index in [1.54, 1.807) is 6.08 Å². The summed E-state index contributed by atoms with van der Waals surface area (Å²) >= 11 is -1.75. The number of para-hydroxylation sites is 2. The van der Waals surface area contributed by atoms with E-state index in [9.17, 15) is 4.39 Å². The predicted octanol–water partition coefficient (Wildman–Crippen LogP) is 11.4. The number of hydrogen-bond donors (Lipinski definition) is 0. The van der Waals surface area contributed by atoms with Crippen molar-refractivity contribution >= 4 is 29.7 Å². The van der Waals surface area contributed by atoms with E-state index >= 15 is 0 Å². The molecule has 0 saturated carbocycles. The molecule has 0 amide bonds. The topological polar surface area (TPSA) is 19.3 Å². The molecule has 2 aliphatic heterocycles. The molecule has 0 spiro atoms. The van der Waals surface area contributed by atoms with E-state index in [0.717, 1.165) is 11.3 Å². The number of fused-ring (bicyclic) bond motifs is 1. The zero-order valence-corrected chi connectivity index (χ0v) is 31.7. The number of hydrogen-bond acceptors (Lipinski definition) is 2. The maximum atomic E-state index is 15.0. The quantitative estimate of drug-likeness (QED) is 0.136. The molecule has 5 rings (SSSR count). The molecule has 1 fully saturated rings. The molecule has 2 aliphatic rings. The summed E-state index contributed by atoms with van der Waals surface area (Å²) < 4.78 is 21.4. The van der Waals surface area contributed by atoms with Crippen LogP contribution in [-0.4, -0.2) is 26.4 Å². The fourth-order valence-corrected chi connectivity index (χ4v) is 7.69. The van der Waals surface area contributed by atoms with Crippen LogP contribution in [0.1, 0.15) is 108 Å². The van der Waals surface area contributed by atoms with Gasteiger partial charge in [-0.2, -0.15) is 0 Å². The van der Waals surface area contributed by atoms with Crippen LogP contribution in [0.4, 0.5) is 10.1 Å². The summed E-state index contributed by atoms with van der Waals surface area (Å²) in [5.41, 5.74) is 7.44. The first-order valence-electron chi connectivity index (χ1n) is 16.0. The standard InChI is InChI=1S/C29H36FN2.C10H12O.2ClH.Ru/c1-19(2)23-10-8-11-24(20(3)4)27(23)32-18-26-25(30)12-9-17-31(26)28(32)21-13-15-22(16-14-21)29(5,6)7;1-8(2)11-10-7-5-4-6-9(10)3;;;/h8-20,26,28H,1-7H3;3-8H,1-2H3;2*1H;/q-1;;;;+2/p-1. The monoisotopic (exact) mass is 752 g/mol. The van der Waals surface area contributed by atoms with Crippen LogP contribution in [0, 0.1) is 6.54 Å². The molecule has 2 heterocycles. The van der Waals surface area contributed by atoms with Crippen LogP contribution < -0.4 is 4.90 Å². The minimum atomic E-state index is -1.75. The number of aliphatic hydroxyl groups is 1. The normalized spacial score (nSPS) is 18.0. The number of benzene rings is 3. The third kappa shape index (κ3) is 8.71. The predicted molar refractivity (Wildman–Crippen MR) is 193 cm³/mol. The molecule has 1 saturated heterocycles. The molecule has 0 bridgehead atoms. The number of rotatable bonds is 7. The van der Waals surface area contributed by atoms with Gasteiger partial charge in [0, 0.05) is 5.69 Å². The summed E-state index contributed by atoms with van der Waals surface area (Å²) in [6.45, 7) is 21.8. The molecule has 7 heteroatoms. The van der Waals surface area contributed by atoms with Gasteiger partial charge in [-0.1, -0.05) is 90.9 Å². The molecular formula is C39H49Cl2FN2ORu. The molecule has 250 valence electrons. The molecule has 3 aromatic rings. The number of ether oxygens (including phenoxy) is 1. The van der Waals surface area contributed by atoms with Crippen LogP contribution in [-0.2, 0) is 18.9 Å². The van der Waals surface area contributed by atoms with Crippen LogP contribution in [0.3, 0.4) is 0 Å². The Morgan fingerprint density at radius 3 is 2.02 bits per heavy atom. The minimum Gasteiger partial charge on any atom is -0.498 e. The Morgan fingerprint density at radius 2 is 1.48 bits per heavy atom. The van der Waals surface area contributed by atoms with Crippen molar-refractivity contribution in [2.75, 3.05) is 4.90 Å². The van der Waals surface area contributed by atoms with Crippen LogP contribution in [0.5, 0.6) is 5.75 Å². The third-order valence-electron chi connectivity index (χ3n) is 8.16. The molecule has 46 heavy (non-hydrogen) atoms. The number of allylic oxidation sites excluding steroid dienone is 2. The Kier molecular flexibility index (Phi) is 12.4. The Bertz CT molecular complexity index is 1540. The largest absolute Gasteiger partial charge is 0.498 e. The second-order valence-corrected chi connectivity index (χ2v) is 19.5. The van der Waals surface area contributed by atoms with Gasteiger partial charge in [0.05, 0.1) is 12.0 Å². The van der Waals surface area contributed by atoms with Crippen molar-refractivity contribution < 1.29 is 22.6 Å². The zero-order chi connectivity index (χ0) is 33.8. The first-order valence-corrected chi connectivity index (χ1v) is 21.5. The molecule has 2 atom stereocenters. The second kappa shape index (κ2) is 15.6. The van der Waals surface area contributed by atoms with E-state index in [1.165, 1.54) is 27.9 Å². The summed E-state index contributed by atoms with van der Waals surface area (Å²) in [4.78, 5) is 4.47. The van der Waals surface area contributed by atoms with Gasteiger partial charge in [0.1, 0.15) is 0 Å². The summed E-state index contributed by atoms with van der Waals surface area (Å²) in [7, 11) is 11.7. The SMILES string of the molecule is CC(C)[OH+]c1ccccc1[CH]=[Ru]([Cl])[Cl].CC(C)c1cccc(C(C)C)c1N1[CH-]C2C(F)=CC=CN2C1c1ccc(C(C)(C)C)cc1. The van der Waals surface area contributed by atoms with Crippen molar-refractivity contribution in [2.24, 2.45) is 0 Å². The van der Waals surface area contributed by atoms with E-state index < -0.39 is 13.5 Å². The molecule has 0 aliphatic carbocycles. The molecule has 0 aromatic heterocycles. The first-order chi connectivity index (χ1) is 21.7. The Balaban J connectivity index is 0.000000288. The summed E-state index contributed by atoms with van der Waals surface area (Å²) in [6, 6.07) is 23.0. The Morgan fingerprint density at radius 1 is 0.870 bits per heavy atom. The maximum absolute atomic E-state index is 15.0. The fourth-order valence-electron chi connectivity index (χ4n) is 5.87. The average molecular weight is 753 g/mol. The molecule has 0 radical (unpaired) electrons. The fraction of sp³-hybridized carbons (Fsp3) is 0.385. The van der Waals surface area contributed by atoms with Crippen molar-refractivity contribution in [3.05, 3.63) is 125 Å². The smallest absolute Gasteiger partial charge is 0.0983 e. The molecule has 3 nitrogen and oxygen atoms in total. The van der Waals surface area contributed by atoms with Gasteiger partial charge in [-0.3, -0.25) is 0 Å². The number of aromatic hydroxyl groups is 1. The van der Waals surface area contributed by atoms with Gasteiger partial charge in [-0.15, -0.1) is 0 Å². The third-order valence-corrected chi connectivity index (χ3v) is 9.99. The van der Waals surface area contributed by atoms with E-state index in [1.807, 2.05) is 55.0 Å². The van der Waals surface area contributed by atoms with Crippen LogP contribution in [0.2, 0.25) is 0 Å². The molecule has 2 unspecified atom stereocenters. The second-order valence-electron chi connectivity index (χ2n) is 13.8. The number of anilines is 1. The van der Waals surface area contributed by atoms with Crippen molar-refractivity contribution in [3.8, 4) is 5.75 Å². The number of nitrogens with zero attached hydrogens (tertiary/aromatic N) is 2. The maximum Gasteiger partial charge on any atom is 0.0983 e. The Hall–Kier alpha value is -2.46. The molecule has 3 aromatic carbocycles. The van der Waals surface area contributed by atoms with Gasteiger partial charge in [-0.05, 0) is 63.9 Å². The van der Waals surface area contributed by atoms with Crippen molar-refractivity contribution in [1.29, 1.82) is 0 Å². The van der Waals surface area contributed by atoms with Crippen LogP contribution >= 0.6 is 19.4 Å². The Labute approximate surface area is 289 Å². The number of halogens is 3. The summed E-state index contributed by atoms with van der Waals surface area (Å²) in [5, 5.41) is 0. The minimum absolute atomic E-state index is 0.0947. The van der Waals surface area contributed by atoms with Crippen LogP contribution in [0.25, 0.3) is 0 Å².